The molecule has 1 aromatic carbocycles. The number of hydrogen-bond acceptors (Lipinski definition) is 7. The van der Waals surface area contributed by atoms with Crippen molar-refractivity contribution in [3.8, 4) is 17.0 Å². The third-order valence-electron chi connectivity index (χ3n) is 6.22. The number of nitrogens with zero attached hydrogens (tertiary/aromatic N) is 3. The molecule has 0 spiro atoms. The Labute approximate surface area is 164 Å². The molecule has 3 aliphatic heterocycles. The van der Waals surface area contributed by atoms with E-state index in [1.165, 1.54) is 12.8 Å². The first kappa shape index (κ1) is 17.4. The van der Waals surface area contributed by atoms with Gasteiger partial charge in [-0.2, -0.15) is 5.10 Å². The highest BCUT2D eigenvalue weighted by molar-refractivity contribution is 5.74. The maximum Gasteiger partial charge on any atom is 0.148 e. The summed E-state index contributed by atoms with van der Waals surface area (Å²) in [5.74, 6) is 1.18. The van der Waals surface area contributed by atoms with Gasteiger partial charge >= 0.3 is 0 Å². The van der Waals surface area contributed by atoms with Crippen LogP contribution in [0.25, 0.3) is 11.3 Å². The number of hydrogen-bond donors (Lipinski definition) is 4. The number of nitrogens with one attached hydrogen (secondary N) is 3. The van der Waals surface area contributed by atoms with Gasteiger partial charge in [0.2, 0.25) is 0 Å². The van der Waals surface area contributed by atoms with Gasteiger partial charge in [0.1, 0.15) is 11.6 Å². The van der Waals surface area contributed by atoms with E-state index in [0.29, 0.717) is 29.4 Å². The van der Waals surface area contributed by atoms with Crippen molar-refractivity contribution in [3.05, 3.63) is 35.9 Å². The molecule has 7 heteroatoms. The van der Waals surface area contributed by atoms with Crippen molar-refractivity contribution >= 4 is 12.0 Å². The zero-order valence-electron chi connectivity index (χ0n) is 16.0. The molecule has 0 radical (unpaired) electrons. The summed E-state index contributed by atoms with van der Waals surface area (Å²) in [5, 5.41) is 30.5. The molecule has 28 heavy (non-hydrogen) atoms. The van der Waals surface area contributed by atoms with Crippen LogP contribution >= 0.6 is 0 Å². The highest BCUT2D eigenvalue weighted by atomic mass is 16.3. The first-order valence-corrected chi connectivity index (χ1v) is 10.1. The van der Waals surface area contributed by atoms with Crippen LogP contribution in [0.1, 0.15) is 44.1 Å². The number of anilines is 1. The van der Waals surface area contributed by atoms with Gasteiger partial charge in [0.25, 0.3) is 0 Å². The number of benzene rings is 1. The second-order valence-electron chi connectivity index (χ2n) is 8.25. The van der Waals surface area contributed by atoms with Crippen LogP contribution in [0.3, 0.4) is 0 Å². The molecule has 5 atom stereocenters. The molecule has 4 N–H and O–H groups in total. The van der Waals surface area contributed by atoms with Gasteiger partial charge in [-0.05, 0) is 62.4 Å². The maximum absolute atomic E-state index is 10.5. The topological polar surface area (TPSA) is 94.5 Å². The van der Waals surface area contributed by atoms with Crippen molar-refractivity contribution in [2.24, 2.45) is 5.10 Å². The molecular weight excluding hydrogens is 352 g/mol. The number of piperidine rings is 1. The summed E-state index contributed by atoms with van der Waals surface area (Å²) in [5.41, 5.74) is 5.44. The summed E-state index contributed by atoms with van der Waals surface area (Å²) >= 11 is 0. The molecule has 2 fully saturated rings. The number of aromatic nitrogens is 2. The van der Waals surface area contributed by atoms with E-state index < -0.39 is 0 Å². The van der Waals surface area contributed by atoms with Crippen molar-refractivity contribution in [1.82, 2.24) is 20.9 Å². The van der Waals surface area contributed by atoms with Gasteiger partial charge in [-0.1, -0.05) is 6.07 Å². The van der Waals surface area contributed by atoms with E-state index in [4.69, 9.17) is 0 Å². The molecule has 0 saturated carbocycles. The molecule has 0 amide bonds. The van der Waals surface area contributed by atoms with Gasteiger partial charge in [-0.15, -0.1) is 10.2 Å². The summed E-state index contributed by atoms with van der Waals surface area (Å²) in [6.45, 7) is 2.08. The van der Waals surface area contributed by atoms with E-state index in [1.807, 2.05) is 30.5 Å². The lowest BCUT2D eigenvalue weighted by Crippen LogP contribution is -2.43. The van der Waals surface area contributed by atoms with E-state index in [2.05, 4.69) is 38.3 Å². The van der Waals surface area contributed by atoms with Crippen LogP contribution in [0, 0.1) is 0 Å². The van der Waals surface area contributed by atoms with Crippen LogP contribution < -0.4 is 16.1 Å². The van der Waals surface area contributed by atoms with Crippen molar-refractivity contribution in [2.45, 2.75) is 62.7 Å². The predicted octanol–water partition coefficient (Wildman–Crippen LogP) is 2.61. The van der Waals surface area contributed by atoms with Crippen LogP contribution in [0.5, 0.6) is 5.75 Å². The second kappa shape index (κ2) is 7.05. The number of rotatable bonds is 4. The summed E-state index contributed by atoms with van der Waals surface area (Å²) in [6, 6.07) is 11.6. The Bertz CT molecular complexity index is 871. The van der Waals surface area contributed by atoms with Gasteiger partial charge in [-0.25, -0.2) is 0 Å². The summed E-state index contributed by atoms with van der Waals surface area (Å²) in [6.07, 6.45) is 6.72. The normalized spacial score (nSPS) is 31.0. The monoisotopic (exact) mass is 378 g/mol. The van der Waals surface area contributed by atoms with E-state index in [-0.39, 0.29) is 17.7 Å². The minimum Gasteiger partial charge on any atom is -0.507 e. The largest absolute Gasteiger partial charge is 0.507 e. The number of fused-ring (bicyclic) bond motifs is 2. The minimum absolute atomic E-state index is 0.165. The van der Waals surface area contributed by atoms with Crippen molar-refractivity contribution < 1.29 is 5.11 Å². The van der Waals surface area contributed by atoms with Crippen molar-refractivity contribution in [1.29, 1.82) is 0 Å². The Morgan fingerprint density at radius 3 is 2.54 bits per heavy atom. The molecule has 3 aliphatic rings. The molecule has 146 valence electrons. The summed E-state index contributed by atoms with van der Waals surface area (Å²) in [4.78, 5) is 0. The molecule has 2 bridgehead atoms. The van der Waals surface area contributed by atoms with Crippen molar-refractivity contribution in [2.75, 3.05) is 5.32 Å². The average molecular weight is 378 g/mol. The van der Waals surface area contributed by atoms with E-state index >= 15 is 0 Å². The summed E-state index contributed by atoms with van der Waals surface area (Å²) < 4.78 is 0. The van der Waals surface area contributed by atoms with Gasteiger partial charge in [-0.3, -0.25) is 0 Å². The first-order chi connectivity index (χ1) is 13.7. The van der Waals surface area contributed by atoms with Crippen LogP contribution in [-0.2, 0) is 0 Å². The van der Waals surface area contributed by atoms with Crippen LogP contribution in [0.2, 0.25) is 0 Å². The fourth-order valence-corrected chi connectivity index (χ4v) is 4.73. The Hall–Kier alpha value is -2.67. The third kappa shape index (κ3) is 3.30. The molecule has 0 aliphatic carbocycles. The lowest BCUT2D eigenvalue weighted by atomic mass is 9.93. The van der Waals surface area contributed by atoms with Gasteiger partial charge in [0.05, 0.1) is 11.7 Å². The maximum atomic E-state index is 10.5. The van der Waals surface area contributed by atoms with E-state index in [0.717, 1.165) is 24.2 Å². The van der Waals surface area contributed by atoms with Crippen molar-refractivity contribution in [3.63, 3.8) is 0 Å². The van der Waals surface area contributed by atoms with Crippen LogP contribution in [0.15, 0.2) is 35.4 Å². The molecule has 5 rings (SSSR count). The Balaban J connectivity index is 1.29. The molecular formula is C21H26N6O. The van der Waals surface area contributed by atoms with E-state index in [9.17, 15) is 5.11 Å². The molecule has 4 heterocycles. The lowest BCUT2D eigenvalue weighted by Gasteiger charge is -2.29. The zero-order chi connectivity index (χ0) is 19.1. The third-order valence-corrected chi connectivity index (χ3v) is 6.22. The number of phenolic OH excluding ortho intramolecular Hbond substituents is 1. The standard InChI is InChI=1S/C21H26N6O/c1-12-18(11-22-25-12)13-2-5-17(20(28)8-13)19-6-7-21(27-26-19)24-16-9-14-3-4-15(10-16)23-14/h2,5-8,11-12,14-16,18,23,25,28H,3-4,9-10H2,1H3,(H,24,27)/t12?,14-,15+,16?,18?. The fourth-order valence-electron chi connectivity index (χ4n) is 4.73. The smallest absolute Gasteiger partial charge is 0.148 e. The number of phenols is 1. The van der Waals surface area contributed by atoms with Crippen LogP contribution in [-0.4, -0.2) is 45.7 Å². The number of aromatic hydroxyl groups is 1. The zero-order valence-corrected chi connectivity index (χ0v) is 16.0. The van der Waals surface area contributed by atoms with E-state index in [1.54, 1.807) is 6.07 Å². The summed E-state index contributed by atoms with van der Waals surface area (Å²) in [7, 11) is 0. The Kier molecular flexibility index (Phi) is 4.39. The Morgan fingerprint density at radius 2 is 1.89 bits per heavy atom. The quantitative estimate of drug-likeness (QED) is 0.653. The van der Waals surface area contributed by atoms with Crippen LogP contribution in [0.4, 0.5) is 5.82 Å². The molecule has 2 aromatic rings. The van der Waals surface area contributed by atoms with Gasteiger partial charge in [0, 0.05) is 35.8 Å². The highest BCUT2D eigenvalue weighted by Crippen LogP contribution is 2.33. The minimum atomic E-state index is 0.165. The second-order valence-corrected chi connectivity index (χ2v) is 8.25. The SMILES string of the molecule is CC1NN=CC1c1ccc(-c2ccc(NC3C[C@H]4CC[C@@H](C3)N4)nn2)c(O)c1. The molecule has 3 unspecified atom stereocenters. The fraction of sp³-hybridized carbons (Fsp3) is 0.476. The van der Waals surface area contributed by atoms with Gasteiger partial charge < -0.3 is 21.2 Å². The van der Waals surface area contributed by atoms with Gasteiger partial charge in [0.15, 0.2) is 0 Å². The number of hydrazone groups is 1. The Morgan fingerprint density at radius 1 is 1.07 bits per heavy atom. The molecule has 7 nitrogen and oxygen atoms in total. The lowest BCUT2D eigenvalue weighted by molar-refractivity contribution is 0.377. The first-order valence-electron chi connectivity index (χ1n) is 10.1. The molecule has 1 aromatic heterocycles. The average Bonchev–Trinajstić information content (AvgIpc) is 3.27. The highest BCUT2D eigenvalue weighted by Gasteiger charge is 2.33. The predicted molar refractivity (Wildman–Crippen MR) is 110 cm³/mol. The molecule has 2 saturated heterocycles.